The van der Waals surface area contributed by atoms with Gasteiger partial charge >= 0.3 is 0 Å². The lowest BCUT2D eigenvalue weighted by Gasteiger charge is -2.17. The van der Waals surface area contributed by atoms with Crippen LogP contribution in [0, 0.1) is 5.82 Å². The molecule has 1 aromatic rings. The molecule has 1 unspecified atom stereocenters. The Morgan fingerprint density at radius 3 is 3.00 bits per heavy atom. The van der Waals surface area contributed by atoms with Crippen molar-refractivity contribution in [2.45, 2.75) is 13.0 Å². The Hall–Kier alpha value is -0.460. The maximum Gasteiger partial charge on any atom is 0.130 e. The molecule has 1 N–H and O–H groups in total. The van der Waals surface area contributed by atoms with Crippen LogP contribution in [0.5, 0.6) is 0 Å². The summed E-state index contributed by atoms with van der Waals surface area (Å²) in [5, 5.41) is 3.92. The van der Waals surface area contributed by atoms with Gasteiger partial charge in [0.2, 0.25) is 0 Å². The molecular weight excluding hydrogens is 172 g/mol. The largest absolute Gasteiger partial charge is 0.312 e. The van der Waals surface area contributed by atoms with E-state index in [1.54, 1.807) is 6.07 Å². The molecule has 0 amide bonds. The number of halogens is 1. The van der Waals surface area contributed by atoms with Gasteiger partial charge in [0.25, 0.3) is 0 Å². The van der Waals surface area contributed by atoms with E-state index in [1.165, 1.54) is 5.56 Å². The molecule has 2 rings (SSSR count). The Bertz CT molecular complexity index is 281. The zero-order chi connectivity index (χ0) is 8.55. The number of fused-ring (bicyclic) bond motifs is 1. The van der Waals surface area contributed by atoms with E-state index in [-0.39, 0.29) is 5.82 Å². The first-order valence-electron chi connectivity index (χ1n) is 4.05. The van der Waals surface area contributed by atoms with Crippen LogP contribution in [0.1, 0.15) is 11.1 Å². The molecule has 0 aromatic heterocycles. The van der Waals surface area contributed by atoms with Crippen LogP contribution < -0.4 is 10.6 Å². The first-order valence-corrected chi connectivity index (χ1v) is 4.62. The van der Waals surface area contributed by atoms with Crippen LogP contribution in [0.3, 0.4) is 0 Å². The molecule has 0 radical (unpaired) electrons. The highest BCUT2D eigenvalue weighted by atomic mass is 31.0. The highest BCUT2D eigenvalue weighted by Gasteiger charge is 2.10. The summed E-state index contributed by atoms with van der Waals surface area (Å²) < 4.78 is 13.1. The lowest BCUT2D eigenvalue weighted by atomic mass is 10.0. The summed E-state index contributed by atoms with van der Waals surface area (Å²) in [6, 6.07) is 3.56. The van der Waals surface area contributed by atoms with Gasteiger partial charge in [0.15, 0.2) is 0 Å². The second-order valence-corrected chi connectivity index (χ2v) is 3.69. The lowest BCUT2D eigenvalue weighted by Crippen LogP contribution is -2.25. The van der Waals surface area contributed by atoms with Crippen molar-refractivity contribution in [1.29, 1.82) is 0 Å². The van der Waals surface area contributed by atoms with Crippen LogP contribution >= 0.6 is 9.24 Å². The Kier molecular flexibility index (Phi) is 2.12. The average Bonchev–Trinajstić information content (AvgIpc) is 2.07. The number of nitrogens with one attached hydrogen (secondary N) is 1. The summed E-state index contributed by atoms with van der Waals surface area (Å²) in [5.74, 6) is -0.111. The Balaban J connectivity index is 2.49. The Morgan fingerprint density at radius 2 is 2.17 bits per heavy atom. The van der Waals surface area contributed by atoms with Crippen molar-refractivity contribution in [1.82, 2.24) is 5.32 Å². The fraction of sp³-hybridized carbons (Fsp3) is 0.333. The van der Waals surface area contributed by atoms with Crippen LogP contribution in [-0.4, -0.2) is 6.54 Å². The molecule has 1 aliphatic rings. The molecule has 0 aliphatic carbocycles. The van der Waals surface area contributed by atoms with E-state index in [2.05, 4.69) is 14.6 Å². The van der Waals surface area contributed by atoms with E-state index in [9.17, 15) is 4.39 Å². The molecule has 0 spiro atoms. The standard InChI is InChI=1S/C9H11FNP/c10-8-3-6-1-2-11-5-7(6)4-9(8)12/h3-4,11H,1-2,5,12H2. The molecule has 1 aliphatic heterocycles. The first kappa shape index (κ1) is 8.15. The molecule has 0 fully saturated rings. The van der Waals surface area contributed by atoms with E-state index in [4.69, 9.17) is 0 Å². The SMILES string of the molecule is Fc1cc2c(cc1P)CNCC2. The van der Waals surface area contributed by atoms with Gasteiger partial charge in [-0.15, -0.1) is 9.24 Å². The second-order valence-electron chi connectivity index (χ2n) is 3.07. The second kappa shape index (κ2) is 3.12. The van der Waals surface area contributed by atoms with Crippen molar-refractivity contribution in [3.05, 3.63) is 29.1 Å². The minimum absolute atomic E-state index is 0.111. The van der Waals surface area contributed by atoms with Gasteiger partial charge in [-0.05, 0) is 36.2 Å². The molecule has 0 saturated heterocycles. The van der Waals surface area contributed by atoms with Gasteiger partial charge in [0.05, 0.1) is 0 Å². The van der Waals surface area contributed by atoms with Crippen LogP contribution in [0.2, 0.25) is 0 Å². The molecule has 0 saturated carbocycles. The topological polar surface area (TPSA) is 12.0 Å². The van der Waals surface area contributed by atoms with E-state index in [0.717, 1.165) is 25.1 Å². The quantitative estimate of drug-likeness (QED) is 0.591. The zero-order valence-corrected chi connectivity index (χ0v) is 7.89. The Morgan fingerprint density at radius 1 is 1.33 bits per heavy atom. The van der Waals surface area contributed by atoms with E-state index in [1.807, 2.05) is 6.07 Å². The average molecular weight is 183 g/mol. The van der Waals surface area contributed by atoms with Crippen molar-refractivity contribution in [3.8, 4) is 0 Å². The third kappa shape index (κ3) is 1.37. The summed E-state index contributed by atoms with van der Waals surface area (Å²) in [6.45, 7) is 1.83. The molecule has 1 aromatic carbocycles. The fourth-order valence-electron chi connectivity index (χ4n) is 1.52. The molecule has 1 nitrogen and oxygen atoms in total. The van der Waals surface area contributed by atoms with E-state index >= 15 is 0 Å². The predicted octanol–water partition coefficient (Wildman–Crippen LogP) is 0.972. The zero-order valence-electron chi connectivity index (χ0n) is 6.73. The van der Waals surface area contributed by atoms with Gasteiger partial charge in [-0.2, -0.15) is 0 Å². The van der Waals surface area contributed by atoms with Gasteiger partial charge in [0.1, 0.15) is 5.82 Å². The van der Waals surface area contributed by atoms with Gasteiger partial charge < -0.3 is 5.32 Å². The first-order chi connectivity index (χ1) is 5.77. The van der Waals surface area contributed by atoms with Crippen molar-refractivity contribution >= 4 is 14.5 Å². The van der Waals surface area contributed by atoms with E-state index in [0.29, 0.717) is 5.30 Å². The molecule has 3 heteroatoms. The molecular formula is C9H11FNP. The number of hydrogen-bond donors (Lipinski definition) is 1. The molecule has 64 valence electrons. The Labute approximate surface area is 73.6 Å². The van der Waals surface area contributed by atoms with Crippen molar-refractivity contribution in [3.63, 3.8) is 0 Å². The van der Waals surface area contributed by atoms with Crippen LogP contribution in [0.4, 0.5) is 4.39 Å². The van der Waals surface area contributed by atoms with Gasteiger partial charge in [-0.1, -0.05) is 0 Å². The highest BCUT2D eigenvalue weighted by Crippen LogP contribution is 2.14. The van der Waals surface area contributed by atoms with Gasteiger partial charge in [-0.25, -0.2) is 4.39 Å². The smallest absolute Gasteiger partial charge is 0.130 e. The fourth-order valence-corrected chi connectivity index (χ4v) is 1.81. The summed E-state index contributed by atoms with van der Waals surface area (Å²) in [7, 11) is 2.41. The minimum atomic E-state index is -0.111. The predicted molar refractivity (Wildman–Crippen MR) is 51.2 cm³/mol. The van der Waals surface area contributed by atoms with Gasteiger partial charge in [0, 0.05) is 11.8 Å². The van der Waals surface area contributed by atoms with Gasteiger partial charge in [-0.3, -0.25) is 0 Å². The molecule has 0 bridgehead atoms. The van der Waals surface area contributed by atoms with E-state index < -0.39 is 0 Å². The maximum atomic E-state index is 13.1. The summed E-state index contributed by atoms with van der Waals surface area (Å²) in [6.07, 6.45) is 0.942. The summed E-state index contributed by atoms with van der Waals surface area (Å²) in [5.41, 5.74) is 2.38. The van der Waals surface area contributed by atoms with Crippen LogP contribution in [0.25, 0.3) is 0 Å². The minimum Gasteiger partial charge on any atom is -0.312 e. The van der Waals surface area contributed by atoms with Crippen molar-refractivity contribution in [2.75, 3.05) is 6.54 Å². The maximum absolute atomic E-state index is 13.1. The number of rotatable bonds is 0. The van der Waals surface area contributed by atoms with Crippen molar-refractivity contribution in [2.24, 2.45) is 0 Å². The monoisotopic (exact) mass is 183 g/mol. The lowest BCUT2D eigenvalue weighted by molar-refractivity contribution is 0.613. The van der Waals surface area contributed by atoms with Crippen molar-refractivity contribution < 1.29 is 4.39 Å². The number of benzene rings is 1. The number of hydrogen-bond acceptors (Lipinski definition) is 1. The third-order valence-corrected chi connectivity index (χ3v) is 2.65. The molecule has 12 heavy (non-hydrogen) atoms. The van der Waals surface area contributed by atoms with Crippen LogP contribution in [-0.2, 0) is 13.0 Å². The van der Waals surface area contributed by atoms with Crippen LogP contribution in [0.15, 0.2) is 12.1 Å². The summed E-state index contributed by atoms with van der Waals surface area (Å²) in [4.78, 5) is 0. The molecule has 1 atom stereocenters. The highest BCUT2D eigenvalue weighted by molar-refractivity contribution is 7.27. The molecule has 1 heterocycles. The summed E-state index contributed by atoms with van der Waals surface area (Å²) >= 11 is 0. The normalized spacial score (nSPS) is 15.8. The third-order valence-electron chi connectivity index (χ3n) is 2.21.